The van der Waals surface area contributed by atoms with Crippen LogP contribution in [0.15, 0.2) is 70.6 Å². The fraction of sp³-hybridized carbons (Fsp3) is 0. The van der Waals surface area contributed by atoms with Gasteiger partial charge in [-0.25, -0.2) is 9.37 Å². The Morgan fingerprint density at radius 2 is 1.65 bits per heavy atom. The third-order valence-corrected chi connectivity index (χ3v) is 4.41. The molecule has 2 aromatic carbocycles. The van der Waals surface area contributed by atoms with Crippen molar-refractivity contribution < 1.29 is 4.39 Å². The minimum Gasteiger partial charge on any atom is -0.240 e. The largest absolute Gasteiger partial charge is 0.240 e. The standard InChI is InChI=1S/C18H10ClFN2S/c19-14-4-1-12(2-5-14)17-10-3-13(11-21)18(22-17)23-16-8-6-15(20)7-9-16/h1-10H. The molecule has 0 saturated heterocycles. The Kier molecular flexibility index (Phi) is 4.61. The van der Waals surface area contributed by atoms with Gasteiger partial charge in [-0.3, -0.25) is 0 Å². The number of nitriles is 1. The van der Waals surface area contributed by atoms with E-state index in [0.717, 1.165) is 16.2 Å². The molecule has 0 fully saturated rings. The van der Waals surface area contributed by atoms with E-state index in [2.05, 4.69) is 11.1 Å². The van der Waals surface area contributed by atoms with Gasteiger partial charge in [0.05, 0.1) is 11.3 Å². The molecule has 2 nitrogen and oxygen atoms in total. The van der Waals surface area contributed by atoms with Crippen LogP contribution in [0.3, 0.4) is 0 Å². The molecule has 0 unspecified atom stereocenters. The van der Waals surface area contributed by atoms with E-state index in [1.54, 1.807) is 36.4 Å². The first-order valence-electron chi connectivity index (χ1n) is 6.76. The highest BCUT2D eigenvalue weighted by atomic mass is 35.5. The summed E-state index contributed by atoms with van der Waals surface area (Å²) in [5.74, 6) is -0.294. The summed E-state index contributed by atoms with van der Waals surface area (Å²) in [6.07, 6.45) is 0. The monoisotopic (exact) mass is 340 g/mol. The van der Waals surface area contributed by atoms with Crippen molar-refractivity contribution in [3.8, 4) is 17.3 Å². The van der Waals surface area contributed by atoms with Crippen LogP contribution >= 0.6 is 23.4 Å². The summed E-state index contributed by atoms with van der Waals surface area (Å²) >= 11 is 7.23. The molecule has 0 radical (unpaired) electrons. The SMILES string of the molecule is N#Cc1ccc(-c2ccc(Cl)cc2)nc1Sc1ccc(F)cc1. The number of pyridine rings is 1. The van der Waals surface area contributed by atoms with Crippen molar-refractivity contribution in [2.24, 2.45) is 0 Å². The van der Waals surface area contributed by atoms with Crippen LogP contribution in [0.5, 0.6) is 0 Å². The van der Waals surface area contributed by atoms with Crippen molar-refractivity contribution in [2.75, 3.05) is 0 Å². The first kappa shape index (κ1) is 15.5. The van der Waals surface area contributed by atoms with Gasteiger partial charge in [0.2, 0.25) is 0 Å². The van der Waals surface area contributed by atoms with E-state index in [-0.39, 0.29) is 5.82 Å². The second-order valence-electron chi connectivity index (χ2n) is 4.72. The number of rotatable bonds is 3. The zero-order valence-corrected chi connectivity index (χ0v) is 13.4. The van der Waals surface area contributed by atoms with E-state index in [9.17, 15) is 9.65 Å². The maximum atomic E-state index is 13.0. The topological polar surface area (TPSA) is 36.7 Å². The van der Waals surface area contributed by atoms with E-state index in [0.29, 0.717) is 15.6 Å². The quantitative estimate of drug-likeness (QED) is 0.626. The van der Waals surface area contributed by atoms with Crippen molar-refractivity contribution >= 4 is 23.4 Å². The van der Waals surface area contributed by atoms with Crippen LogP contribution in [0.25, 0.3) is 11.3 Å². The number of hydrogen-bond acceptors (Lipinski definition) is 3. The molecule has 0 aliphatic rings. The molecule has 0 aliphatic carbocycles. The molecule has 0 bridgehead atoms. The Labute approximate surface area is 142 Å². The molecular formula is C18H10ClFN2S. The summed E-state index contributed by atoms with van der Waals surface area (Å²) in [4.78, 5) is 5.39. The molecule has 0 aliphatic heterocycles. The average molecular weight is 341 g/mol. The smallest absolute Gasteiger partial charge is 0.123 e. The lowest BCUT2D eigenvalue weighted by Crippen LogP contribution is -1.91. The van der Waals surface area contributed by atoms with E-state index < -0.39 is 0 Å². The number of hydrogen-bond donors (Lipinski definition) is 0. The van der Waals surface area contributed by atoms with Crippen molar-refractivity contribution in [1.29, 1.82) is 5.26 Å². The molecule has 0 spiro atoms. The molecular weight excluding hydrogens is 331 g/mol. The molecule has 1 heterocycles. The van der Waals surface area contributed by atoms with E-state index in [4.69, 9.17) is 11.6 Å². The highest BCUT2D eigenvalue weighted by molar-refractivity contribution is 7.99. The first-order chi connectivity index (χ1) is 11.2. The van der Waals surface area contributed by atoms with Crippen LogP contribution in [0.2, 0.25) is 5.02 Å². The lowest BCUT2D eigenvalue weighted by atomic mass is 10.1. The van der Waals surface area contributed by atoms with Crippen LogP contribution in [0, 0.1) is 17.1 Å². The first-order valence-corrected chi connectivity index (χ1v) is 7.95. The molecule has 0 atom stereocenters. The van der Waals surface area contributed by atoms with E-state index in [1.807, 2.05) is 12.1 Å². The number of halogens is 2. The summed E-state index contributed by atoms with van der Waals surface area (Å²) in [6.45, 7) is 0. The summed E-state index contributed by atoms with van der Waals surface area (Å²) in [5, 5.41) is 10.5. The molecule has 3 aromatic rings. The average Bonchev–Trinajstić information content (AvgIpc) is 2.57. The van der Waals surface area contributed by atoms with Crippen molar-refractivity contribution in [2.45, 2.75) is 9.92 Å². The van der Waals surface area contributed by atoms with Gasteiger partial charge in [0.25, 0.3) is 0 Å². The second-order valence-corrected chi connectivity index (χ2v) is 6.22. The third kappa shape index (κ3) is 3.70. The van der Waals surface area contributed by atoms with Gasteiger partial charge < -0.3 is 0 Å². The minimum atomic E-state index is -0.294. The molecule has 0 amide bonds. The van der Waals surface area contributed by atoms with Crippen LogP contribution in [-0.2, 0) is 0 Å². The van der Waals surface area contributed by atoms with Gasteiger partial charge in [-0.2, -0.15) is 5.26 Å². The second kappa shape index (κ2) is 6.82. The van der Waals surface area contributed by atoms with Crippen LogP contribution in [-0.4, -0.2) is 4.98 Å². The van der Waals surface area contributed by atoms with Gasteiger partial charge >= 0.3 is 0 Å². The maximum Gasteiger partial charge on any atom is 0.123 e. The molecule has 0 saturated carbocycles. The Balaban J connectivity index is 1.98. The van der Waals surface area contributed by atoms with Crippen LogP contribution < -0.4 is 0 Å². The Hall–Kier alpha value is -2.35. The minimum absolute atomic E-state index is 0.294. The van der Waals surface area contributed by atoms with Crippen LogP contribution in [0.4, 0.5) is 4.39 Å². The number of benzene rings is 2. The van der Waals surface area contributed by atoms with E-state index >= 15 is 0 Å². The summed E-state index contributed by atoms with van der Waals surface area (Å²) in [7, 11) is 0. The third-order valence-electron chi connectivity index (χ3n) is 3.15. The summed E-state index contributed by atoms with van der Waals surface area (Å²) in [6, 6.07) is 19.1. The Morgan fingerprint density at radius 3 is 2.30 bits per heavy atom. The summed E-state index contributed by atoms with van der Waals surface area (Å²) < 4.78 is 13.0. The van der Waals surface area contributed by atoms with Crippen molar-refractivity contribution in [1.82, 2.24) is 4.98 Å². The maximum absolute atomic E-state index is 13.0. The van der Waals surface area contributed by atoms with Gasteiger partial charge in [0.15, 0.2) is 0 Å². The fourth-order valence-corrected chi connectivity index (χ4v) is 2.99. The lowest BCUT2D eigenvalue weighted by Gasteiger charge is -2.07. The van der Waals surface area contributed by atoms with Gasteiger partial charge in [-0.05, 0) is 48.5 Å². The normalized spacial score (nSPS) is 10.3. The van der Waals surface area contributed by atoms with Crippen molar-refractivity contribution in [3.63, 3.8) is 0 Å². The molecule has 3 rings (SSSR count). The number of aromatic nitrogens is 1. The predicted molar refractivity (Wildman–Crippen MR) is 89.9 cm³/mol. The fourth-order valence-electron chi connectivity index (χ4n) is 2.00. The zero-order valence-electron chi connectivity index (χ0n) is 11.8. The van der Waals surface area contributed by atoms with Gasteiger partial charge in [0.1, 0.15) is 16.9 Å². The van der Waals surface area contributed by atoms with Gasteiger partial charge in [-0.15, -0.1) is 0 Å². The Morgan fingerprint density at radius 1 is 0.957 bits per heavy atom. The zero-order chi connectivity index (χ0) is 16.2. The predicted octanol–water partition coefficient (Wildman–Crippen LogP) is 5.56. The molecule has 0 N–H and O–H groups in total. The molecule has 1 aromatic heterocycles. The van der Waals surface area contributed by atoms with Gasteiger partial charge in [-0.1, -0.05) is 35.5 Å². The lowest BCUT2D eigenvalue weighted by molar-refractivity contribution is 0.626. The highest BCUT2D eigenvalue weighted by Crippen LogP contribution is 2.31. The highest BCUT2D eigenvalue weighted by Gasteiger charge is 2.09. The Bertz CT molecular complexity index is 871. The van der Waals surface area contributed by atoms with Gasteiger partial charge in [0, 0.05) is 15.5 Å². The van der Waals surface area contributed by atoms with Crippen molar-refractivity contribution in [3.05, 3.63) is 77.1 Å². The molecule has 23 heavy (non-hydrogen) atoms. The number of nitrogens with zero attached hydrogens (tertiary/aromatic N) is 2. The summed E-state index contributed by atoms with van der Waals surface area (Å²) in [5.41, 5.74) is 2.15. The van der Waals surface area contributed by atoms with E-state index in [1.165, 1.54) is 23.9 Å². The molecule has 112 valence electrons. The van der Waals surface area contributed by atoms with Crippen LogP contribution in [0.1, 0.15) is 5.56 Å². The molecule has 5 heteroatoms.